The lowest BCUT2D eigenvalue weighted by Crippen LogP contribution is -2.31. The molecule has 0 bridgehead atoms. The van der Waals surface area contributed by atoms with Gasteiger partial charge in [0.25, 0.3) is 0 Å². The summed E-state index contributed by atoms with van der Waals surface area (Å²) in [7, 11) is -4.18. The van der Waals surface area contributed by atoms with E-state index in [0.29, 0.717) is 6.07 Å². The molecule has 0 atom stereocenters. The SMILES string of the molecule is C=CCN(CC=C)S(=O)(=O)c1cc(C(F)(F)F)ccc1Cl. The van der Waals surface area contributed by atoms with Crippen molar-refractivity contribution in [3.05, 3.63) is 54.1 Å². The van der Waals surface area contributed by atoms with E-state index < -0.39 is 26.7 Å². The molecule has 1 aromatic rings. The van der Waals surface area contributed by atoms with Crippen molar-refractivity contribution < 1.29 is 21.6 Å². The van der Waals surface area contributed by atoms with E-state index in [1.54, 1.807) is 0 Å². The number of benzene rings is 1. The predicted molar refractivity (Wildman–Crippen MR) is 75.6 cm³/mol. The first kappa shape index (κ1) is 17.7. The van der Waals surface area contributed by atoms with Gasteiger partial charge in [0.05, 0.1) is 10.6 Å². The molecule has 0 fully saturated rings. The second-order valence-corrected chi connectivity index (χ2v) is 6.36. The molecule has 8 heteroatoms. The Balaban J connectivity index is 3.42. The number of sulfonamides is 1. The first-order chi connectivity index (χ1) is 9.64. The Morgan fingerprint density at radius 1 is 1.19 bits per heavy atom. The van der Waals surface area contributed by atoms with Gasteiger partial charge in [0.15, 0.2) is 0 Å². The second-order valence-electron chi connectivity index (χ2n) is 4.04. The summed E-state index contributed by atoms with van der Waals surface area (Å²) in [5.41, 5.74) is -1.08. The summed E-state index contributed by atoms with van der Waals surface area (Å²) in [6, 6.07) is 2.17. The third kappa shape index (κ3) is 4.09. The van der Waals surface area contributed by atoms with Crippen LogP contribution in [0.2, 0.25) is 5.02 Å². The molecule has 0 aliphatic heterocycles. The fourth-order valence-corrected chi connectivity index (χ4v) is 3.46. The molecule has 0 spiro atoms. The molecule has 0 aliphatic rings. The maximum atomic E-state index is 12.7. The highest BCUT2D eigenvalue weighted by molar-refractivity contribution is 7.89. The Bertz CT molecular complexity index is 631. The largest absolute Gasteiger partial charge is 0.416 e. The Hall–Kier alpha value is -1.31. The first-order valence-electron chi connectivity index (χ1n) is 5.73. The second kappa shape index (κ2) is 6.64. The van der Waals surface area contributed by atoms with Gasteiger partial charge in [-0.3, -0.25) is 0 Å². The summed E-state index contributed by atoms with van der Waals surface area (Å²) in [6.45, 7) is 6.69. The molecule has 3 nitrogen and oxygen atoms in total. The van der Waals surface area contributed by atoms with Crippen molar-refractivity contribution in [1.82, 2.24) is 4.31 Å². The summed E-state index contributed by atoms with van der Waals surface area (Å²) in [5.74, 6) is 0. The Morgan fingerprint density at radius 3 is 2.14 bits per heavy atom. The van der Waals surface area contributed by atoms with E-state index in [-0.39, 0.29) is 18.1 Å². The van der Waals surface area contributed by atoms with Gasteiger partial charge in [-0.25, -0.2) is 8.42 Å². The van der Waals surface area contributed by atoms with Crippen LogP contribution in [0.5, 0.6) is 0 Å². The van der Waals surface area contributed by atoms with Crippen molar-refractivity contribution in [2.45, 2.75) is 11.1 Å². The maximum absolute atomic E-state index is 12.7. The van der Waals surface area contributed by atoms with Gasteiger partial charge in [0.1, 0.15) is 4.90 Å². The van der Waals surface area contributed by atoms with Crippen LogP contribution in [0.4, 0.5) is 13.2 Å². The van der Waals surface area contributed by atoms with Crippen molar-refractivity contribution in [3.8, 4) is 0 Å². The van der Waals surface area contributed by atoms with Crippen molar-refractivity contribution >= 4 is 21.6 Å². The number of rotatable bonds is 6. The van der Waals surface area contributed by atoms with Gasteiger partial charge in [-0.2, -0.15) is 17.5 Å². The van der Waals surface area contributed by atoms with E-state index in [4.69, 9.17) is 11.6 Å². The standard InChI is InChI=1S/C13H13ClF3NO2S/c1-3-7-18(8-4-2)21(19,20)12-9-10(13(15,16)17)5-6-11(12)14/h3-6,9H,1-2,7-8H2. The van der Waals surface area contributed by atoms with Gasteiger partial charge in [0.2, 0.25) is 10.0 Å². The van der Waals surface area contributed by atoms with Crippen molar-refractivity contribution in [1.29, 1.82) is 0 Å². The average Bonchev–Trinajstić information content (AvgIpc) is 2.37. The Labute approximate surface area is 126 Å². The molecule has 116 valence electrons. The molecular weight excluding hydrogens is 327 g/mol. The van der Waals surface area contributed by atoms with Crippen LogP contribution in [0.1, 0.15) is 5.56 Å². The molecule has 0 aliphatic carbocycles. The number of alkyl halides is 3. The lowest BCUT2D eigenvalue weighted by molar-refractivity contribution is -0.137. The lowest BCUT2D eigenvalue weighted by Gasteiger charge is -2.20. The smallest absolute Gasteiger partial charge is 0.207 e. The van der Waals surface area contributed by atoms with E-state index in [1.807, 2.05) is 0 Å². The molecule has 0 N–H and O–H groups in total. The van der Waals surface area contributed by atoms with E-state index in [1.165, 1.54) is 12.2 Å². The van der Waals surface area contributed by atoms with Gasteiger partial charge in [0, 0.05) is 13.1 Å². The van der Waals surface area contributed by atoms with Gasteiger partial charge >= 0.3 is 6.18 Å². The third-order valence-electron chi connectivity index (χ3n) is 2.54. The van der Waals surface area contributed by atoms with Crippen LogP contribution < -0.4 is 0 Å². The topological polar surface area (TPSA) is 37.4 Å². The van der Waals surface area contributed by atoms with Crippen LogP contribution >= 0.6 is 11.6 Å². The summed E-state index contributed by atoms with van der Waals surface area (Å²) >= 11 is 5.75. The molecule has 1 aromatic carbocycles. The highest BCUT2D eigenvalue weighted by Gasteiger charge is 2.34. The van der Waals surface area contributed by atoms with Crippen LogP contribution in [0.25, 0.3) is 0 Å². The third-order valence-corrected chi connectivity index (χ3v) is 4.86. The molecule has 0 saturated heterocycles. The molecule has 0 unspecified atom stereocenters. The first-order valence-corrected chi connectivity index (χ1v) is 7.55. The van der Waals surface area contributed by atoms with E-state index in [2.05, 4.69) is 13.2 Å². The molecule has 0 aromatic heterocycles. The minimum absolute atomic E-state index is 0.0685. The van der Waals surface area contributed by atoms with E-state index in [0.717, 1.165) is 16.4 Å². The zero-order valence-electron chi connectivity index (χ0n) is 10.9. The maximum Gasteiger partial charge on any atom is 0.416 e. The predicted octanol–water partition coefficient (Wildman–Crippen LogP) is 3.72. The molecular formula is C13H13ClF3NO2S. The Morgan fingerprint density at radius 2 is 1.71 bits per heavy atom. The number of nitrogens with zero attached hydrogens (tertiary/aromatic N) is 1. The van der Waals surface area contributed by atoms with Crippen LogP contribution in [0.15, 0.2) is 48.4 Å². The number of hydrogen-bond acceptors (Lipinski definition) is 2. The summed E-state index contributed by atoms with van der Waals surface area (Å²) < 4.78 is 63.8. The van der Waals surface area contributed by atoms with E-state index >= 15 is 0 Å². The van der Waals surface area contributed by atoms with Crippen LogP contribution in [-0.2, 0) is 16.2 Å². The minimum Gasteiger partial charge on any atom is -0.207 e. The quantitative estimate of drug-likeness (QED) is 0.741. The van der Waals surface area contributed by atoms with Crippen molar-refractivity contribution in [3.63, 3.8) is 0 Å². The van der Waals surface area contributed by atoms with Gasteiger partial charge in [-0.1, -0.05) is 23.8 Å². The summed E-state index contributed by atoms with van der Waals surface area (Å²) in [6.07, 6.45) is -2.01. The molecule has 0 heterocycles. The zero-order chi connectivity index (χ0) is 16.3. The van der Waals surface area contributed by atoms with Crippen molar-refractivity contribution in [2.24, 2.45) is 0 Å². The van der Waals surface area contributed by atoms with Crippen LogP contribution in [0.3, 0.4) is 0 Å². The summed E-state index contributed by atoms with van der Waals surface area (Å²) in [5, 5.41) is -0.277. The fourth-order valence-electron chi connectivity index (χ4n) is 1.58. The normalized spacial score (nSPS) is 12.4. The fraction of sp³-hybridized carbons (Fsp3) is 0.231. The lowest BCUT2D eigenvalue weighted by atomic mass is 10.2. The molecule has 21 heavy (non-hydrogen) atoms. The van der Waals surface area contributed by atoms with Gasteiger partial charge in [-0.15, -0.1) is 13.2 Å². The zero-order valence-corrected chi connectivity index (χ0v) is 12.5. The molecule has 0 radical (unpaired) electrons. The highest BCUT2D eigenvalue weighted by atomic mass is 35.5. The monoisotopic (exact) mass is 339 g/mol. The average molecular weight is 340 g/mol. The molecule has 0 saturated carbocycles. The molecule has 0 amide bonds. The van der Waals surface area contributed by atoms with Crippen LogP contribution in [0, 0.1) is 0 Å². The van der Waals surface area contributed by atoms with Crippen molar-refractivity contribution in [2.75, 3.05) is 13.1 Å². The number of hydrogen-bond donors (Lipinski definition) is 0. The highest BCUT2D eigenvalue weighted by Crippen LogP contribution is 2.34. The molecule has 1 rings (SSSR count). The Kier molecular flexibility index (Phi) is 5.61. The van der Waals surface area contributed by atoms with Crippen LogP contribution in [-0.4, -0.2) is 25.8 Å². The van der Waals surface area contributed by atoms with Gasteiger partial charge < -0.3 is 0 Å². The minimum atomic E-state index is -4.66. The summed E-state index contributed by atoms with van der Waals surface area (Å²) in [4.78, 5) is -0.595. The number of halogens is 4. The van der Waals surface area contributed by atoms with E-state index in [9.17, 15) is 21.6 Å². The van der Waals surface area contributed by atoms with Gasteiger partial charge in [-0.05, 0) is 18.2 Å².